The molecule has 1 amide bonds. The Labute approximate surface area is 138 Å². The van der Waals surface area contributed by atoms with Crippen LogP contribution in [0.1, 0.15) is 48.9 Å². The molecule has 0 bridgehead atoms. The molecule has 1 aromatic rings. The van der Waals surface area contributed by atoms with Gasteiger partial charge in [0.05, 0.1) is 18.3 Å². The number of rotatable bonds is 4. The predicted molar refractivity (Wildman–Crippen MR) is 90.6 cm³/mol. The van der Waals surface area contributed by atoms with Gasteiger partial charge in [-0.05, 0) is 24.5 Å². The highest BCUT2D eigenvalue weighted by atomic mass is 16.5. The van der Waals surface area contributed by atoms with Crippen LogP contribution in [0.15, 0.2) is 18.3 Å². The lowest BCUT2D eigenvalue weighted by Crippen LogP contribution is -2.46. The van der Waals surface area contributed by atoms with Gasteiger partial charge in [-0.15, -0.1) is 0 Å². The van der Waals surface area contributed by atoms with E-state index in [1.807, 2.05) is 17.0 Å². The molecule has 2 aliphatic rings. The largest absolute Gasteiger partial charge is 0.375 e. The minimum Gasteiger partial charge on any atom is -0.375 e. The highest BCUT2D eigenvalue weighted by molar-refractivity contribution is 5.98. The number of amides is 1. The van der Waals surface area contributed by atoms with Gasteiger partial charge in [0, 0.05) is 26.3 Å². The second-order valence-corrected chi connectivity index (χ2v) is 6.63. The van der Waals surface area contributed by atoms with Crippen LogP contribution in [-0.4, -0.2) is 48.6 Å². The standard InChI is InChI=1S/C18H27N3O2/c1-19-17-16(8-5-9-20-17)18(22)21-10-11-23-15(13-21)12-14-6-3-2-4-7-14/h5,8-9,14-15H,2-4,6-7,10-13H2,1H3,(H,19,20)/t15-/m1/s1. The molecule has 23 heavy (non-hydrogen) atoms. The maximum Gasteiger partial charge on any atom is 0.257 e. The van der Waals surface area contributed by atoms with E-state index in [2.05, 4.69) is 10.3 Å². The third-order valence-electron chi connectivity index (χ3n) is 5.02. The van der Waals surface area contributed by atoms with E-state index in [0.717, 1.165) is 12.3 Å². The van der Waals surface area contributed by atoms with Crippen molar-refractivity contribution < 1.29 is 9.53 Å². The summed E-state index contributed by atoms with van der Waals surface area (Å²) in [6, 6.07) is 3.65. The monoisotopic (exact) mass is 317 g/mol. The lowest BCUT2D eigenvalue weighted by Gasteiger charge is -2.35. The van der Waals surface area contributed by atoms with Gasteiger partial charge in [-0.2, -0.15) is 0 Å². The average Bonchev–Trinajstić information content (AvgIpc) is 2.62. The summed E-state index contributed by atoms with van der Waals surface area (Å²) in [4.78, 5) is 19.0. The van der Waals surface area contributed by atoms with Crippen LogP contribution < -0.4 is 5.32 Å². The summed E-state index contributed by atoms with van der Waals surface area (Å²) >= 11 is 0. The molecule has 0 spiro atoms. The van der Waals surface area contributed by atoms with Gasteiger partial charge in [-0.3, -0.25) is 4.79 Å². The molecular formula is C18H27N3O2. The SMILES string of the molecule is CNc1ncccc1C(=O)N1CCO[C@H](CC2CCCCC2)C1. The number of hydrogen-bond donors (Lipinski definition) is 1. The summed E-state index contributed by atoms with van der Waals surface area (Å²) in [6.45, 7) is 2.00. The number of morpholine rings is 1. The summed E-state index contributed by atoms with van der Waals surface area (Å²) in [6.07, 6.45) is 9.69. The van der Waals surface area contributed by atoms with Crippen molar-refractivity contribution in [3.8, 4) is 0 Å². The van der Waals surface area contributed by atoms with E-state index >= 15 is 0 Å². The van der Waals surface area contributed by atoms with Gasteiger partial charge in [-0.1, -0.05) is 32.1 Å². The van der Waals surface area contributed by atoms with Crippen LogP contribution in [0.3, 0.4) is 0 Å². The number of carbonyl (C=O) groups is 1. The molecule has 1 atom stereocenters. The summed E-state index contributed by atoms with van der Waals surface area (Å²) in [5, 5.41) is 3.00. The zero-order valence-corrected chi connectivity index (χ0v) is 14.0. The second-order valence-electron chi connectivity index (χ2n) is 6.63. The van der Waals surface area contributed by atoms with Gasteiger partial charge >= 0.3 is 0 Å². The van der Waals surface area contributed by atoms with Gasteiger partial charge in [0.1, 0.15) is 5.82 Å². The highest BCUT2D eigenvalue weighted by Crippen LogP contribution is 2.29. The van der Waals surface area contributed by atoms with Crippen LogP contribution in [0.5, 0.6) is 0 Å². The van der Waals surface area contributed by atoms with E-state index in [9.17, 15) is 4.79 Å². The lowest BCUT2D eigenvalue weighted by molar-refractivity contribution is -0.0336. The quantitative estimate of drug-likeness (QED) is 0.927. The molecule has 1 aliphatic heterocycles. The van der Waals surface area contributed by atoms with E-state index in [1.165, 1.54) is 32.1 Å². The Bertz CT molecular complexity index is 529. The van der Waals surface area contributed by atoms with Crippen LogP contribution >= 0.6 is 0 Å². The number of anilines is 1. The molecule has 5 heteroatoms. The molecule has 2 fully saturated rings. The minimum absolute atomic E-state index is 0.0550. The second kappa shape index (κ2) is 7.77. The lowest BCUT2D eigenvalue weighted by atomic mass is 9.85. The average molecular weight is 317 g/mol. The van der Waals surface area contributed by atoms with Crippen molar-refractivity contribution >= 4 is 11.7 Å². The van der Waals surface area contributed by atoms with Crippen LogP contribution in [0, 0.1) is 5.92 Å². The number of aromatic nitrogens is 1. The van der Waals surface area contributed by atoms with Crippen molar-refractivity contribution in [2.75, 3.05) is 32.1 Å². The number of nitrogens with zero attached hydrogens (tertiary/aromatic N) is 2. The zero-order valence-electron chi connectivity index (χ0n) is 14.0. The van der Waals surface area contributed by atoms with E-state index in [-0.39, 0.29) is 12.0 Å². The van der Waals surface area contributed by atoms with Crippen molar-refractivity contribution in [2.45, 2.75) is 44.6 Å². The van der Waals surface area contributed by atoms with Crippen molar-refractivity contribution in [1.29, 1.82) is 0 Å². The molecule has 1 aromatic heterocycles. The van der Waals surface area contributed by atoms with Gasteiger partial charge in [0.25, 0.3) is 5.91 Å². The van der Waals surface area contributed by atoms with Crippen molar-refractivity contribution in [3.05, 3.63) is 23.9 Å². The summed E-state index contributed by atoms with van der Waals surface area (Å²) in [5.74, 6) is 1.47. The first-order valence-corrected chi connectivity index (χ1v) is 8.81. The fourth-order valence-electron chi connectivity index (χ4n) is 3.79. The van der Waals surface area contributed by atoms with Crippen molar-refractivity contribution in [3.63, 3.8) is 0 Å². The third-order valence-corrected chi connectivity index (χ3v) is 5.02. The van der Waals surface area contributed by atoms with Crippen LogP contribution in [0.4, 0.5) is 5.82 Å². The molecule has 1 saturated heterocycles. The molecular weight excluding hydrogens is 290 g/mol. The Morgan fingerprint density at radius 2 is 2.22 bits per heavy atom. The Hall–Kier alpha value is -1.62. The molecule has 1 saturated carbocycles. The fourth-order valence-corrected chi connectivity index (χ4v) is 3.79. The Morgan fingerprint density at radius 1 is 1.39 bits per heavy atom. The first-order valence-electron chi connectivity index (χ1n) is 8.81. The van der Waals surface area contributed by atoms with E-state index in [1.54, 1.807) is 13.2 Å². The highest BCUT2D eigenvalue weighted by Gasteiger charge is 2.28. The first-order chi connectivity index (χ1) is 11.3. The summed E-state index contributed by atoms with van der Waals surface area (Å²) in [5.41, 5.74) is 0.647. The van der Waals surface area contributed by atoms with Crippen molar-refractivity contribution in [2.24, 2.45) is 5.92 Å². The summed E-state index contributed by atoms with van der Waals surface area (Å²) in [7, 11) is 1.80. The fraction of sp³-hybridized carbons (Fsp3) is 0.667. The maximum absolute atomic E-state index is 12.8. The normalized spacial score (nSPS) is 22.8. The maximum atomic E-state index is 12.8. The molecule has 126 valence electrons. The smallest absolute Gasteiger partial charge is 0.257 e. The molecule has 2 heterocycles. The predicted octanol–water partition coefficient (Wildman–Crippen LogP) is 2.93. The first kappa shape index (κ1) is 16.2. The van der Waals surface area contributed by atoms with Crippen molar-refractivity contribution in [1.82, 2.24) is 9.88 Å². The molecule has 0 radical (unpaired) electrons. The number of hydrogen-bond acceptors (Lipinski definition) is 4. The molecule has 1 aliphatic carbocycles. The van der Waals surface area contributed by atoms with Crippen LogP contribution in [0.25, 0.3) is 0 Å². The molecule has 1 N–H and O–H groups in total. The number of pyridine rings is 1. The van der Waals surface area contributed by atoms with Gasteiger partial charge in [-0.25, -0.2) is 4.98 Å². The molecule has 5 nitrogen and oxygen atoms in total. The van der Waals surface area contributed by atoms with Crippen LogP contribution in [0.2, 0.25) is 0 Å². The van der Waals surface area contributed by atoms with Gasteiger partial charge < -0.3 is 15.0 Å². The summed E-state index contributed by atoms with van der Waals surface area (Å²) < 4.78 is 5.93. The van der Waals surface area contributed by atoms with Gasteiger partial charge in [0.2, 0.25) is 0 Å². The Kier molecular flexibility index (Phi) is 5.49. The third kappa shape index (κ3) is 4.02. The number of carbonyl (C=O) groups excluding carboxylic acids is 1. The Morgan fingerprint density at radius 3 is 3.00 bits per heavy atom. The topological polar surface area (TPSA) is 54.5 Å². The minimum atomic E-state index is 0.0550. The van der Waals surface area contributed by atoms with E-state index in [4.69, 9.17) is 4.74 Å². The molecule has 0 unspecified atom stereocenters. The van der Waals surface area contributed by atoms with E-state index in [0.29, 0.717) is 31.1 Å². The Balaban J connectivity index is 1.62. The number of ether oxygens (including phenoxy) is 1. The molecule has 3 rings (SSSR count). The number of nitrogens with one attached hydrogen (secondary N) is 1. The molecule has 0 aromatic carbocycles. The zero-order chi connectivity index (χ0) is 16.1. The van der Waals surface area contributed by atoms with E-state index < -0.39 is 0 Å². The van der Waals surface area contributed by atoms with Crippen LogP contribution in [-0.2, 0) is 4.74 Å². The van der Waals surface area contributed by atoms with Gasteiger partial charge in [0.15, 0.2) is 0 Å².